The van der Waals surface area contributed by atoms with E-state index in [-0.39, 0.29) is 32.0 Å². The largest absolute Gasteiger partial charge is 0.472 e. The molecule has 0 aliphatic heterocycles. The number of likely N-dealkylation sites (N-methyl/N-ethyl adjacent to an activating group) is 1. The molecule has 0 radical (unpaired) electrons. The maximum atomic E-state index is 12.9. The Morgan fingerprint density at radius 2 is 0.695 bits per heavy atom. The molecule has 0 saturated carbocycles. The molecule has 10 heteroatoms. The molecule has 82 heavy (non-hydrogen) atoms. The first-order chi connectivity index (χ1) is 40.0. The molecule has 9 nitrogen and oxygen atoms in total. The number of hydrogen-bond donors (Lipinski definition) is 1. The summed E-state index contributed by atoms with van der Waals surface area (Å²) in [6.07, 6.45) is 89.6. The summed E-state index contributed by atoms with van der Waals surface area (Å²) in [5.41, 5.74) is 0. The lowest BCUT2D eigenvalue weighted by atomic mass is 10.0. The molecule has 0 aliphatic rings. The van der Waals surface area contributed by atoms with Gasteiger partial charge in [0.05, 0.1) is 27.7 Å². The Bertz CT molecular complexity index is 1850. The number of esters is 2. The van der Waals surface area contributed by atoms with Crippen LogP contribution in [0, 0.1) is 0 Å². The van der Waals surface area contributed by atoms with E-state index in [9.17, 15) is 19.0 Å². The zero-order chi connectivity index (χ0) is 59.8. The standard InChI is InChI=1S/C72H122NO8P/c1-6-8-10-12-14-16-18-20-22-24-26-27-28-29-30-31-32-33-34-35-36-37-38-39-40-41-42-43-44-45-47-49-51-53-55-57-59-61-63-65-72(75)81-70(69-80-82(76,77)79-67-66-73(3,4)5)68-78-71(74)64-62-60-58-56-54-52-50-48-46-25-23-21-19-17-15-13-11-9-7-2/h8,10,14-17,20-23,26-27,29-30,32-33,35-36,38-39,41-42,70H,6-7,9,11-13,18-19,24-25,28,31,34,37,40,43-69H2,1-5H3/p+1/b10-8-,16-14-,17-15-,22-20-,23-21-,27-26-,30-29-,33-32-,36-35-,39-38-,42-41-. The van der Waals surface area contributed by atoms with Crippen molar-refractivity contribution in [3.63, 3.8) is 0 Å². The molecule has 0 bridgehead atoms. The van der Waals surface area contributed by atoms with Gasteiger partial charge in [0, 0.05) is 12.8 Å². The average molecular weight is 1160 g/mol. The van der Waals surface area contributed by atoms with E-state index in [1.165, 1.54) is 116 Å². The lowest BCUT2D eigenvalue weighted by Gasteiger charge is -2.24. The fourth-order valence-corrected chi connectivity index (χ4v) is 9.37. The quantitative estimate of drug-likeness (QED) is 0.0211. The Morgan fingerprint density at radius 3 is 1.04 bits per heavy atom. The van der Waals surface area contributed by atoms with Crippen LogP contribution in [0.2, 0.25) is 0 Å². The molecular formula is C72H123NO8P+. The fraction of sp³-hybridized carbons (Fsp3) is 0.667. The van der Waals surface area contributed by atoms with Crippen LogP contribution in [0.1, 0.15) is 258 Å². The van der Waals surface area contributed by atoms with Gasteiger partial charge in [-0.05, 0) is 116 Å². The second-order valence-corrected chi connectivity index (χ2v) is 24.2. The van der Waals surface area contributed by atoms with Crippen LogP contribution in [0.25, 0.3) is 0 Å². The van der Waals surface area contributed by atoms with E-state index < -0.39 is 26.5 Å². The summed E-state index contributed by atoms with van der Waals surface area (Å²) in [6.45, 7) is 4.29. The van der Waals surface area contributed by atoms with E-state index >= 15 is 0 Å². The second-order valence-electron chi connectivity index (χ2n) is 22.8. The first-order valence-electron chi connectivity index (χ1n) is 32.9. The summed E-state index contributed by atoms with van der Waals surface area (Å²) in [5, 5.41) is 0. The second kappa shape index (κ2) is 61.7. The predicted octanol–water partition coefficient (Wildman–Crippen LogP) is 21.3. The maximum Gasteiger partial charge on any atom is 0.472 e. The monoisotopic (exact) mass is 1160 g/mol. The molecule has 0 rings (SSSR count). The van der Waals surface area contributed by atoms with Gasteiger partial charge in [-0.25, -0.2) is 4.57 Å². The number of ether oxygens (including phenoxy) is 2. The van der Waals surface area contributed by atoms with E-state index in [1.54, 1.807) is 0 Å². The van der Waals surface area contributed by atoms with Crippen LogP contribution in [0.15, 0.2) is 134 Å². The highest BCUT2D eigenvalue weighted by atomic mass is 31.2. The molecule has 2 atom stereocenters. The van der Waals surface area contributed by atoms with Crippen LogP contribution in [-0.4, -0.2) is 74.9 Å². The minimum Gasteiger partial charge on any atom is -0.462 e. The minimum atomic E-state index is -4.40. The number of carbonyl (C=O) groups is 2. The van der Waals surface area contributed by atoms with Crippen LogP contribution in [0.4, 0.5) is 0 Å². The molecule has 0 aliphatic carbocycles. The SMILES string of the molecule is CC/C=C\C/C=C\C/C=C\C/C=C\C/C=C\C/C=C\C/C=C\C/C=C\C/C=C\CCCCCCCCCCCCCC(=O)OC(COC(=O)CCCCCCCCCCC/C=C\C/C=C\CCCCC)COP(=O)(O)OCC[N+](C)(C)C. The molecule has 0 fully saturated rings. The van der Waals surface area contributed by atoms with Crippen molar-refractivity contribution in [2.45, 2.75) is 264 Å². The summed E-state index contributed by atoms with van der Waals surface area (Å²) < 4.78 is 34.6. The maximum absolute atomic E-state index is 12.9. The van der Waals surface area contributed by atoms with Gasteiger partial charge in [-0.15, -0.1) is 0 Å². The van der Waals surface area contributed by atoms with Gasteiger partial charge < -0.3 is 18.9 Å². The van der Waals surface area contributed by atoms with Gasteiger partial charge in [-0.2, -0.15) is 0 Å². The Balaban J connectivity index is 4.10. The van der Waals surface area contributed by atoms with Gasteiger partial charge in [0.15, 0.2) is 6.10 Å². The molecule has 1 N–H and O–H groups in total. The highest BCUT2D eigenvalue weighted by Crippen LogP contribution is 2.43. The van der Waals surface area contributed by atoms with E-state index in [0.29, 0.717) is 17.4 Å². The molecular weight excluding hydrogens is 1040 g/mol. The summed E-state index contributed by atoms with van der Waals surface area (Å²) in [7, 11) is 1.46. The molecule has 0 amide bonds. The number of nitrogens with zero attached hydrogens (tertiary/aromatic N) is 1. The van der Waals surface area contributed by atoms with Crippen LogP contribution < -0.4 is 0 Å². The molecule has 0 spiro atoms. The number of unbranched alkanes of at least 4 members (excludes halogenated alkanes) is 23. The lowest BCUT2D eigenvalue weighted by Crippen LogP contribution is -2.37. The first kappa shape index (κ1) is 78.1. The Morgan fingerprint density at radius 1 is 0.390 bits per heavy atom. The van der Waals surface area contributed by atoms with Crippen LogP contribution >= 0.6 is 7.82 Å². The number of phosphoric ester groups is 1. The third-order valence-electron chi connectivity index (χ3n) is 13.7. The number of carbonyl (C=O) groups excluding carboxylic acids is 2. The smallest absolute Gasteiger partial charge is 0.462 e. The van der Waals surface area contributed by atoms with Gasteiger partial charge in [0.2, 0.25) is 0 Å². The third kappa shape index (κ3) is 65.3. The minimum absolute atomic E-state index is 0.0249. The Labute approximate surface area is 504 Å². The summed E-state index contributed by atoms with van der Waals surface area (Å²) in [6, 6.07) is 0. The van der Waals surface area contributed by atoms with Crippen molar-refractivity contribution in [2.75, 3.05) is 47.5 Å². The highest BCUT2D eigenvalue weighted by molar-refractivity contribution is 7.47. The average Bonchev–Trinajstić information content (AvgIpc) is 3.46. The van der Waals surface area contributed by atoms with Crippen molar-refractivity contribution in [1.29, 1.82) is 0 Å². The van der Waals surface area contributed by atoms with Gasteiger partial charge >= 0.3 is 19.8 Å². The number of rotatable bonds is 59. The van der Waals surface area contributed by atoms with Crippen molar-refractivity contribution >= 4 is 19.8 Å². The molecule has 468 valence electrons. The summed E-state index contributed by atoms with van der Waals surface area (Å²) in [4.78, 5) is 35.8. The van der Waals surface area contributed by atoms with Crippen LogP contribution in [-0.2, 0) is 32.7 Å². The fourth-order valence-electron chi connectivity index (χ4n) is 8.63. The van der Waals surface area contributed by atoms with Gasteiger partial charge in [-0.1, -0.05) is 263 Å². The van der Waals surface area contributed by atoms with Crippen LogP contribution in [0.3, 0.4) is 0 Å². The van der Waals surface area contributed by atoms with Crippen molar-refractivity contribution in [2.24, 2.45) is 0 Å². The lowest BCUT2D eigenvalue weighted by molar-refractivity contribution is -0.870. The molecule has 2 unspecified atom stereocenters. The van der Waals surface area contributed by atoms with Crippen molar-refractivity contribution in [1.82, 2.24) is 0 Å². The van der Waals surface area contributed by atoms with E-state index in [0.717, 1.165) is 109 Å². The van der Waals surface area contributed by atoms with Gasteiger partial charge in [-0.3, -0.25) is 18.6 Å². The number of phosphoric acid groups is 1. The zero-order valence-corrected chi connectivity index (χ0v) is 54.1. The summed E-state index contributed by atoms with van der Waals surface area (Å²) >= 11 is 0. The third-order valence-corrected chi connectivity index (χ3v) is 14.6. The number of hydrogen-bond acceptors (Lipinski definition) is 7. The predicted molar refractivity (Wildman–Crippen MR) is 353 cm³/mol. The van der Waals surface area contributed by atoms with E-state index in [2.05, 4.69) is 148 Å². The van der Waals surface area contributed by atoms with Crippen molar-refractivity contribution in [3.05, 3.63) is 134 Å². The molecule has 0 aromatic rings. The molecule has 0 heterocycles. The molecule has 0 saturated heterocycles. The highest BCUT2D eigenvalue weighted by Gasteiger charge is 2.27. The molecule has 0 aromatic carbocycles. The first-order valence-corrected chi connectivity index (χ1v) is 34.4. The van der Waals surface area contributed by atoms with Gasteiger partial charge in [0.25, 0.3) is 0 Å². The number of allylic oxidation sites excluding steroid dienone is 22. The van der Waals surface area contributed by atoms with E-state index in [4.69, 9.17) is 18.5 Å². The van der Waals surface area contributed by atoms with Crippen LogP contribution in [0.5, 0.6) is 0 Å². The summed E-state index contributed by atoms with van der Waals surface area (Å²) in [5.74, 6) is -0.809. The van der Waals surface area contributed by atoms with E-state index in [1.807, 2.05) is 21.1 Å². The Kier molecular flexibility index (Phi) is 58.8. The Hall–Kier alpha value is -3.85. The zero-order valence-electron chi connectivity index (χ0n) is 53.2. The number of quaternary nitrogens is 1. The molecule has 0 aromatic heterocycles. The van der Waals surface area contributed by atoms with Gasteiger partial charge in [0.1, 0.15) is 19.8 Å². The topological polar surface area (TPSA) is 108 Å². The van der Waals surface area contributed by atoms with Crippen molar-refractivity contribution < 1.29 is 42.1 Å². The normalized spacial score (nSPS) is 14.1. The van der Waals surface area contributed by atoms with Crippen molar-refractivity contribution in [3.8, 4) is 0 Å².